The first-order valence-corrected chi connectivity index (χ1v) is 15.1. The van der Waals surface area contributed by atoms with Gasteiger partial charge in [0.05, 0.1) is 60.1 Å². The van der Waals surface area contributed by atoms with E-state index in [1.165, 1.54) is 10.7 Å². The van der Waals surface area contributed by atoms with Crippen LogP contribution in [0.25, 0.3) is 5.65 Å². The summed E-state index contributed by atoms with van der Waals surface area (Å²) in [4.78, 5) is 25.0. The molecule has 1 saturated heterocycles. The first-order valence-electron chi connectivity index (χ1n) is 14.7. The molecule has 0 bridgehead atoms. The number of aromatic nitrogens is 4. The van der Waals surface area contributed by atoms with Crippen LogP contribution in [-0.4, -0.2) is 76.3 Å². The number of anilines is 4. The predicted molar refractivity (Wildman–Crippen MR) is 171 cm³/mol. The number of nitrogens with zero attached hydrogens (tertiary/aromatic N) is 8. The Morgan fingerprint density at radius 1 is 1.22 bits per heavy atom. The van der Waals surface area contributed by atoms with Gasteiger partial charge in [-0.2, -0.15) is 20.0 Å². The van der Waals surface area contributed by atoms with E-state index in [0.717, 1.165) is 11.3 Å². The topological polar surface area (TPSA) is 177 Å². The average molecular weight is 645 g/mol. The van der Waals surface area contributed by atoms with Gasteiger partial charge in [-0.05, 0) is 50.1 Å². The zero-order valence-electron chi connectivity index (χ0n) is 25.6. The fourth-order valence-corrected chi connectivity index (χ4v) is 5.53. The summed E-state index contributed by atoms with van der Waals surface area (Å²) in [6.45, 7) is 5.61. The molecule has 0 aliphatic carbocycles. The molecule has 3 heterocycles. The summed E-state index contributed by atoms with van der Waals surface area (Å²) in [6.07, 6.45) is 0.375. The van der Waals surface area contributed by atoms with Crippen molar-refractivity contribution in [3.63, 3.8) is 0 Å². The van der Waals surface area contributed by atoms with Crippen molar-refractivity contribution in [1.29, 1.82) is 10.5 Å². The van der Waals surface area contributed by atoms with Crippen LogP contribution < -0.4 is 25.2 Å². The van der Waals surface area contributed by atoms with Gasteiger partial charge in [0, 0.05) is 26.2 Å². The maximum Gasteiger partial charge on any atom is 0.407 e. The molecular formula is C31H33ClN10O4. The molecule has 0 saturated carbocycles. The van der Waals surface area contributed by atoms with E-state index in [9.17, 15) is 20.4 Å². The molecule has 0 unspecified atom stereocenters. The molecule has 1 fully saturated rings. The van der Waals surface area contributed by atoms with Crippen LogP contribution in [0.2, 0.25) is 5.02 Å². The lowest BCUT2D eigenvalue weighted by atomic mass is 10.0. The highest BCUT2D eigenvalue weighted by Gasteiger charge is 2.31. The van der Waals surface area contributed by atoms with Crippen LogP contribution in [0.4, 0.5) is 27.9 Å². The molecule has 46 heavy (non-hydrogen) atoms. The third-order valence-electron chi connectivity index (χ3n) is 7.60. The highest BCUT2D eigenvalue weighted by Crippen LogP contribution is 2.37. The molecule has 14 nitrogen and oxygen atoms in total. The highest BCUT2D eigenvalue weighted by atomic mass is 35.5. The number of hydrogen-bond acceptors (Lipinski definition) is 12. The number of nitrogens with one attached hydrogen (secondary N) is 2. The molecule has 15 heteroatoms. The number of rotatable bonds is 10. The summed E-state index contributed by atoms with van der Waals surface area (Å²) in [5.74, 6) is 1.37. The number of fused-ring (bicyclic) bond motifs is 1. The number of nitriles is 2. The Morgan fingerprint density at radius 2 is 2.00 bits per heavy atom. The average Bonchev–Trinajstić information content (AvgIpc) is 3.48. The fraction of sp³-hybridized carbons (Fsp3) is 0.355. The number of aliphatic hydroxyl groups excluding tert-OH is 1. The smallest absolute Gasteiger partial charge is 0.407 e. The van der Waals surface area contributed by atoms with Gasteiger partial charge in [0.2, 0.25) is 5.95 Å². The highest BCUT2D eigenvalue weighted by molar-refractivity contribution is 6.36. The van der Waals surface area contributed by atoms with E-state index in [4.69, 9.17) is 26.1 Å². The van der Waals surface area contributed by atoms with E-state index in [1.54, 1.807) is 26.2 Å². The normalized spacial score (nSPS) is 15.9. The summed E-state index contributed by atoms with van der Waals surface area (Å²) in [6, 6.07) is 14.7. The third kappa shape index (κ3) is 6.83. The predicted octanol–water partition coefficient (Wildman–Crippen LogP) is 3.99. The lowest BCUT2D eigenvalue weighted by Crippen LogP contribution is -2.54. The number of carbonyl (C=O) groups excluding carboxylic acids is 1. The molecule has 1 aliphatic rings. The second-order valence-corrected chi connectivity index (χ2v) is 10.9. The number of imidazole rings is 1. The SMILES string of the molecule is CCOC(=O)N[C@@H]1CCN(c2cc(C#N)cc(Nc3nc(N(CC)Cc4ccc(OC)cc4)c4ncc(C#N)n4n3)c2Cl)C[C@H]1O. The zero-order chi connectivity index (χ0) is 32.8. The van der Waals surface area contributed by atoms with Gasteiger partial charge in [-0.25, -0.2) is 9.78 Å². The number of methoxy groups -OCH3 is 1. The summed E-state index contributed by atoms with van der Waals surface area (Å²) in [5, 5.41) is 41.1. The largest absolute Gasteiger partial charge is 0.497 e. The Hall–Kier alpha value is -5.31. The van der Waals surface area contributed by atoms with Crippen molar-refractivity contribution in [1.82, 2.24) is 24.9 Å². The van der Waals surface area contributed by atoms with Gasteiger partial charge in [0.15, 0.2) is 17.2 Å². The summed E-state index contributed by atoms with van der Waals surface area (Å²) >= 11 is 6.92. The summed E-state index contributed by atoms with van der Waals surface area (Å²) in [7, 11) is 1.61. The van der Waals surface area contributed by atoms with Gasteiger partial charge >= 0.3 is 6.09 Å². The number of ether oxygens (including phenoxy) is 2. The number of hydrogen-bond donors (Lipinski definition) is 3. The number of β-amino-alcohol motifs (C(OH)–C–C–N with tert-alkyl or cyclic N) is 1. The number of alkyl carbamates (subject to hydrolysis) is 1. The molecule has 5 rings (SSSR count). The molecule has 2 atom stereocenters. The second kappa shape index (κ2) is 14.2. The molecule has 3 N–H and O–H groups in total. The van der Waals surface area contributed by atoms with Crippen LogP contribution in [0, 0.1) is 22.7 Å². The number of amides is 1. The lowest BCUT2D eigenvalue weighted by molar-refractivity contribution is 0.0977. The van der Waals surface area contributed by atoms with Gasteiger partial charge in [0.25, 0.3) is 0 Å². The Kier molecular flexibility index (Phi) is 9.91. The summed E-state index contributed by atoms with van der Waals surface area (Å²) in [5.41, 5.74) is 2.84. The molecule has 2 aromatic carbocycles. The minimum Gasteiger partial charge on any atom is -0.497 e. The standard InChI is InChI=1S/C31H33ClN10O4/c1-4-40(17-19-6-8-22(45-3)9-7-19)29-28-35-16-21(15-34)42(28)39-30(38-29)36-24-12-20(14-33)13-25(27(24)32)41-11-10-23(26(43)18-41)37-31(44)46-5-2/h6-9,12-13,16,23,26,43H,4-5,10-11,17-18H2,1-3H3,(H,36,39)(H,37,44)/t23-,26-/m1/s1. The maximum atomic E-state index is 11.9. The first kappa shape index (κ1) is 32.1. The zero-order valence-corrected chi connectivity index (χ0v) is 26.3. The fourth-order valence-electron chi connectivity index (χ4n) is 5.25. The third-order valence-corrected chi connectivity index (χ3v) is 8.00. The van der Waals surface area contributed by atoms with Gasteiger partial charge in [-0.15, -0.1) is 5.10 Å². The first-order chi connectivity index (χ1) is 22.3. The van der Waals surface area contributed by atoms with E-state index in [2.05, 4.69) is 32.9 Å². The van der Waals surface area contributed by atoms with E-state index < -0.39 is 18.2 Å². The molecule has 4 aromatic rings. The lowest BCUT2D eigenvalue weighted by Gasteiger charge is -2.38. The molecule has 1 aliphatic heterocycles. The van der Waals surface area contributed by atoms with Crippen LogP contribution in [0.3, 0.4) is 0 Å². The Balaban J connectivity index is 1.47. The number of benzene rings is 2. The molecule has 2 aromatic heterocycles. The van der Waals surface area contributed by atoms with Crippen molar-refractivity contribution in [2.75, 3.05) is 48.5 Å². The van der Waals surface area contributed by atoms with Crippen LogP contribution in [0.1, 0.15) is 37.1 Å². The van der Waals surface area contributed by atoms with Gasteiger partial charge < -0.3 is 35.0 Å². The van der Waals surface area contributed by atoms with Crippen molar-refractivity contribution in [2.45, 2.75) is 39.0 Å². The molecular weight excluding hydrogens is 612 g/mol. The number of piperidine rings is 1. The second-order valence-electron chi connectivity index (χ2n) is 10.5. The van der Waals surface area contributed by atoms with Crippen molar-refractivity contribution in [3.05, 3.63) is 64.4 Å². The van der Waals surface area contributed by atoms with E-state index in [0.29, 0.717) is 54.5 Å². The van der Waals surface area contributed by atoms with Gasteiger partial charge in [-0.1, -0.05) is 23.7 Å². The monoisotopic (exact) mass is 644 g/mol. The van der Waals surface area contributed by atoms with Crippen LogP contribution in [0.5, 0.6) is 5.75 Å². The van der Waals surface area contributed by atoms with Crippen LogP contribution >= 0.6 is 11.6 Å². The Bertz CT molecular complexity index is 1800. The molecule has 1 amide bonds. The van der Waals surface area contributed by atoms with Crippen LogP contribution in [0.15, 0.2) is 42.6 Å². The number of carbonyl (C=O) groups is 1. The van der Waals surface area contributed by atoms with Crippen LogP contribution in [-0.2, 0) is 11.3 Å². The Labute approximate surface area is 270 Å². The quantitative estimate of drug-likeness (QED) is 0.227. The van der Waals surface area contributed by atoms with Crippen molar-refractivity contribution in [3.8, 4) is 17.9 Å². The minimum atomic E-state index is -0.902. The minimum absolute atomic E-state index is 0.130. The number of halogens is 1. The maximum absolute atomic E-state index is 11.9. The van der Waals surface area contributed by atoms with Crippen molar-refractivity contribution in [2.24, 2.45) is 0 Å². The van der Waals surface area contributed by atoms with Crippen molar-refractivity contribution >= 4 is 46.5 Å². The van der Waals surface area contributed by atoms with Gasteiger partial charge in [-0.3, -0.25) is 0 Å². The van der Waals surface area contributed by atoms with E-state index in [1.807, 2.05) is 41.0 Å². The van der Waals surface area contributed by atoms with Crippen molar-refractivity contribution < 1.29 is 19.4 Å². The van der Waals surface area contributed by atoms with E-state index >= 15 is 0 Å². The van der Waals surface area contributed by atoms with Gasteiger partial charge in [0.1, 0.15) is 11.8 Å². The molecule has 0 radical (unpaired) electrons. The summed E-state index contributed by atoms with van der Waals surface area (Å²) < 4.78 is 11.6. The molecule has 238 valence electrons. The number of aliphatic hydroxyl groups is 1. The Morgan fingerprint density at radius 3 is 2.65 bits per heavy atom. The van der Waals surface area contributed by atoms with E-state index in [-0.39, 0.29) is 29.8 Å². The molecule has 0 spiro atoms.